The zero-order valence-electron chi connectivity index (χ0n) is 11.8. The zero-order valence-corrected chi connectivity index (χ0v) is 11.8. The lowest BCUT2D eigenvalue weighted by molar-refractivity contribution is 0.236. The summed E-state index contributed by atoms with van der Waals surface area (Å²) in [5, 5.41) is 13.4. The number of phenols is 1. The van der Waals surface area contributed by atoms with Crippen LogP contribution in [-0.4, -0.2) is 15.2 Å². The molecule has 19 heavy (non-hydrogen) atoms. The van der Waals surface area contributed by atoms with Crippen LogP contribution in [0.2, 0.25) is 0 Å². The maximum absolute atomic E-state index is 9.45. The van der Waals surface area contributed by atoms with Crippen LogP contribution in [0.3, 0.4) is 0 Å². The summed E-state index contributed by atoms with van der Waals surface area (Å²) >= 11 is 0. The summed E-state index contributed by atoms with van der Waals surface area (Å²) in [6.07, 6.45) is 0.759. The lowest BCUT2D eigenvalue weighted by Gasteiger charge is -2.25. The van der Waals surface area contributed by atoms with Crippen LogP contribution in [-0.2, 0) is 6.42 Å². The number of nitrogens with zero attached hydrogens (tertiary/aromatic N) is 2. The molecular formula is C15H20N2O2. The zero-order chi connectivity index (χ0) is 14.0. The first-order valence-electron chi connectivity index (χ1n) is 6.48. The van der Waals surface area contributed by atoms with Gasteiger partial charge in [0.25, 0.3) is 0 Å². The van der Waals surface area contributed by atoms with Gasteiger partial charge in [-0.2, -0.15) is 4.98 Å². The molecule has 0 aliphatic carbocycles. The maximum atomic E-state index is 9.45. The molecule has 0 fully saturated rings. The van der Waals surface area contributed by atoms with Crippen LogP contribution in [0.4, 0.5) is 0 Å². The van der Waals surface area contributed by atoms with E-state index in [1.807, 2.05) is 6.07 Å². The molecule has 1 heterocycles. The molecule has 4 nitrogen and oxygen atoms in total. The number of hydrogen-bond acceptors (Lipinski definition) is 4. The largest absolute Gasteiger partial charge is 0.508 e. The van der Waals surface area contributed by atoms with Crippen LogP contribution in [0, 0.1) is 11.3 Å². The van der Waals surface area contributed by atoms with Crippen molar-refractivity contribution in [1.29, 1.82) is 0 Å². The molecule has 0 spiro atoms. The minimum absolute atomic E-state index is 0.201. The van der Waals surface area contributed by atoms with Gasteiger partial charge in [0.2, 0.25) is 11.7 Å². The average Bonchev–Trinajstić information content (AvgIpc) is 2.76. The van der Waals surface area contributed by atoms with Gasteiger partial charge in [0.15, 0.2) is 0 Å². The molecule has 0 saturated heterocycles. The number of aromatic nitrogens is 2. The van der Waals surface area contributed by atoms with E-state index in [9.17, 15) is 5.11 Å². The van der Waals surface area contributed by atoms with E-state index in [1.165, 1.54) is 0 Å². The molecule has 1 aromatic carbocycles. The smallest absolute Gasteiger partial charge is 0.227 e. The Morgan fingerprint density at radius 1 is 1.32 bits per heavy atom. The molecule has 4 heteroatoms. The molecular weight excluding hydrogens is 240 g/mol. The van der Waals surface area contributed by atoms with Crippen molar-refractivity contribution in [2.24, 2.45) is 11.3 Å². The summed E-state index contributed by atoms with van der Waals surface area (Å²) in [6.45, 7) is 8.77. The molecule has 0 aliphatic heterocycles. The Hall–Kier alpha value is -1.84. The second kappa shape index (κ2) is 5.03. The van der Waals surface area contributed by atoms with E-state index in [0.29, 0.717) is 17.6 Å². The Bertz CT molecular complexity index is 555. The van der Waals surface area contributed by atoms with Crippen LogP contribution in [0.1, 0.15) is 33.6 Å². The fourth-order valence-electron chi connectivity index (χ4n) is 1.67. The predicted molar refractivity (Wildman–Crippen MR) is 73.7 cm³/mol. The quantitative estimate of drug-likeness (QED) is 0.914. The highest BCUT2D eigenvalue weighted by Gasteiger charge is 2.22. The van der Waals surface area contributed by atoms with Crippen molar-refractivity contribution in [2.45, 2.75) is 34.1 Å². The van der Waals surface area contributed by atoms with Gasteiger partial charge < -0.3 is 9.63 Å². The monoisotopic (exact) mass is 260 g/mol. The van der Waals surface area contributed by atoms with Gasteiger partial charge in [-0.05, 0) is 23.5 Å². The number of phenolic OH excluding ortho intramolecular Hbond substituents is 1. The van der Waals surface area contributed by atoms with E-state index >= 15 is 0 Å². The normalized spacial score (nSPS) is 13.5. The van der Waals surface area contributed by atoms with E-state index in [1.54, 1.807) is 18.2 Å². The summed E-state index contributed by atoms with van der Waals surface area (Å²) in [6, 6.07) is 6.86. The van der Waals surface area contributed by atoms with Gasteiger partial charge >= 0.3 is 0 Å². The SMILES string of the molecule is CC(Cc1nc(-c2cccc(O)c2)no1)C(C)(C)C. The van der Waals surface area contributed by atoms with Crippen molar-refractivity contribution in [3.63, 3.8) is 0 Å². The summed E-state index contributed by atoms with van der Waals surface area (Å²) in [4.78, 5) is 4.39. The fourth-order valence-corrected chi connectivity index (χ4v) is 1.67. The molecule has 102 valence electrons. The first-order valence-corrected chi connectivity index (χ1v) is 6.48. The average molecular weight is 260 g/mol. The van der Waals surface area contributed by atoms with Crippen LogP contribution in [0.15, 0.2) is 28.8 Å². The Kier molecular flexibility index (Phi) is 3.60. The number of rotatable bonds is 3. The number of hydrogen-bond donors (Lipinski definition) is 1. The first-order chi connectivity index (χ1) is 8.86. The van der Waals surface area contributed by atoms with Crippen LogP contribution in [0.25, 0.3) is 11.4 Å². The molecule has 1 aromatic heterocycles. The summed E-state index contributed by atoms with van der Waals surface area (Å²) < 4.78 is 5.28. The second-order valence-electron chi connectivity index (χ2n) is 6.03. The molecule has 0 aliphatic rings. The Morgan fingerprint density at radius 2 is 2.05 bits per heavy atom. The second-order valence-corrected chi connectivity index (χ2v) is 6.03. The standard InChI is InChI=1S/C15H20N2O2/c1-10(15(2,3)4)8-13-16-14(17-19-13)11-6-5-7-12(18)9-11/h5-7,9-10,18H,8H2,1-4H3. The van der Waals surface area contributed by atoms with Gasteiger partial charge in [0.05, 0.1) is 0 Å². The minimum Gasteiger partial charge on any atom is -0.508 e. The van der Waals surface area contributed by atoms with Gasteiger partial charge in [0, 0.05) is 12.0 Å². The highest BCUT2D eigenvalue weighted by atomic mass is 16.5. The first kappa shape index (κ1) is 13.6. The molecule has 1 unspecified atom stereocenters. The van der Waals surface area contributed by atoms with Gasteiger partial charge in [0.1, 0.15) is 5.75 Å². The third kappa shape index (κ3) is 3.34. The molecule has 0 amide bonds. The van der Waals surface area contributed by atoms with Crippen molar-refractivity contribution in [3.8, 4) is 17.1 Å². The Morgan fingerprint density at radius 3 is 2.68 bits per heavy atom. The minimum atomic E-state index is 0.201. The molecule has 1 N–H and O–H groups in total. The number of aromatic hydroxyl groups is 1. The fraction of sp³-hybridized carbons (Fsp3) is 0.467. The van der Waals surface area contributed by atoms with Crippen molar-refractivity contribution in [3.05, 3.63) is 30.2 Å². The van der Waals surface area contributed by atoms with Crippen molar-refractivity contribution in [2.75, 3.05) is 0 Å². The van der Waals surface area contributed by atoms with Gasteiger partial charge in [-0.15, -0.1) is 0 Å². The Balaban J connectivity index is 2.16. The topological polar surface area (TPSA) is 59.2 Å². The molecule has 1 atom stereocenters. The van der Waals surface area contributed by atoms with Gasteiger partial charge in [-0.1, -0.05) is 45.0 Å². The van der Waals surface area contributed by atoms with E-state index in [-0.39, 0.29) is 11.2 Å². The highest BCUT2D eigenvalue weighted by Crippen LogP contribution is 2.28. The van der Waals surface area contributed by atoms with E-state index in [0.717, 1.165) is 12.0 Å². The summed E-state index contributed by atoms with van der Waals surface area (Å²) in [5.41, 5.74) is 0.970. The van der Waals surface area contributed by atoms with Crippen molar-refractivity contribution < 1.29 is 9.63 Å². The third-order valence-electron chi connectivity index (χ3n) is 3.53. The lowest BCUT2D eigenvalue weighted by atomic mass is 9.80. The van der Waals surface area contributed by atoms with Crippen LogP contribution < -0.4 is 0 Å². The van der Waals surface area contributed by atoms with E-state index in [2.05, 4.69) is 37.8 Å². The van der Waals surface area contributed by atoms with Gasteiger partial charge in [-0.3, -0.25) is 0 Å². The van der Waals surface area contributed by atoms with E-state index < -0.39 is 0 Å². The molecule has 2 aromatic rings. The van der Waals surface area contributed by atoms with Crippen LogP contribution >= 0.6 is 0 Å². The Labute approximate surface area is 113 Å². The van der Waals surface area contributed by atoms with Crippen LogP contribution in [0.5, 0.6) is 5.75 Å². The molecule has 0 saturated carbocycles. The summed E-state index contributed by atoms with van der Waals surface area (Å²) in [7, 11) is 0. The highest BCUT2D eigenvalue weighted by molar-refractivity contribution is 5.56. The van der Waals surface area contributed by atoms with Crippen molar-refractivity contribution >= 4 is 0 Å². The van der Waals surface area contributed by atoms with Crippen molar-refractivity contribution in [1.82, 2.24) is 10.1 Å². The summed E-state index contributed by atoms with van der Waals surface area (Å²) in [5.74, 6) is 1.81. The van der Waals surface area contributed by atoms with E-state index in [4.69, 9.17) is 4.52 Å². The number of benzene rings is 1. The molecule has 0 radical (unpaired) electrons. The third-order valence-corrected chi connectivity index (χ3v) is 3.53. The predicted octanol–water partition coefficient (Wildman–Crippen LogP) is 3.67. The lowest BCUT2D eigenvalue weighted by Crippen LogP contribution is -2.19. The molecule has 2 rings (SSSR count). The maximum Gasteiger partial charge on any atom is 0.227 e. The molecule has 0 bridgehead atoms. The van der Waals surface area contributed by atoms with Gasteiger partial charge in [-0.25, -0.2) is 0 Å².